The van der Waals surface area contributed by atoms with Crippen molar-refractivity contribution in [1.29, 1.82) is 0 Å². The molecule has 1 aromatic rings. The number of carbonyl (C=O) groups is 2. The van der Waals surface area contributed by atoms with Crippen LogP contribution in [0, 0.1) is 0 Å². The molecule has 90 valence electrons. The Morgan fingerprint density at radius 2 is 2.06 bits per heavy atom. The van der Waals surface area contributed by atoms with E-state index in [1.54, 1.807) is 0 Å². The van der Waals surface area contributed by atoms with Crippen LogP contribution >= 0.6 is 0 Å². The number of Topliss-reactive ketones (excluding diaryl/α,β-unsaturated/α-hetero) is 1. The van der Waals surface area contributed by atoms with E-state index in [0.717, 1.165) is 36.0 Å². The molecule has 17 heavy (non-hydrogen) atoms. The number of carbonyl (C=O) groups excluding carboxylic acids is 2. The van der Waals surface area contributed by atoms with E-state index in [0.29, 0.717) is 6.42 Å². The molecule has 1 aliphatic rings. The summed E-state index contributed by atoms with van der Waals surface area (Å²) in [5.74, 6) is -0.0213. The number of hydrogen-bond acceptors (Lipinski definition) is 3. The molecule has 0 aromatic heterocycles. The predicted molar refractivity (Wildman–Crippen MR) is 64.0 cm³/mol. The highest BCUT2D eigenvalue weighted by molar-refractivity contribution is 5.97. The van der Waals surface area contributed by atoms with Gasteiger partial charge in [-0.1, -0.05) is 18.2 Å². The van der Waals surface area contributed by atoms with Gasteiger partial charge >= 0.3 is 5.97 Å². The first-order valence-electron chi connectivity index (χ1n) is 5.92. The molecule has 0 heterocycles. The number of rotatable bonds is 2. The van der Waals surface area contributed by atoms with Gasteiger partial charge in [0.15, 0.2) is 5.78 Å². The zero-order valence-corrected chi connectivity index (χ0v) is 9.99. The molecule has 3 nitrogen and oxygen atoms in total. The van der Waals surface area contributed by atoms with Crippen LogP contribution in [0.15, 0.2) is 18.2 Å². The number of esters is 1. The summed E-state index contributed by atoms with van der Waals surface area (Å²) >= 11 is 0. The van der Waals surface area contributed by atoms with E-state index >= 15 is 0 Å². The Hall–Kier alpha value is -1.64. The number of ketones is 1. The van der Waals surface area contributed by atoms with Crippen LogP contribution in [0.5, 0.6) is 0 Å². The van der Waals surface area contributed by atoms with E-state index < -0.39 is 0 Å². The van der Waals surface area contributed by atoms with Crippen LogP contribution in [0.1, 0.15) is 40.7 Å². The molecular formula is C14H16O3. The largest absolute Gasteiger partial charge is 0.469 e. The van der Waals surface area contributed by atoms with Gasteiger partial charge in [-0.25, -0.2) is 0 Å². The van der Waals surface area contributed by atoms with Crippen molar-refractivity contribution in [2.75, 3.05) is 7.11 Å². The van der Waals surface area contributed by atoms with Gasteiger partial charge in [0.25, 0.3) is 0 Å². The van der Waals surface area contributed by atoms with Crippen LogP contribution in [-0.4, -0.2) is 18.9 Å². The van der Waals surface area contributed by atoms with Crippen LogP contribution in [0.4, 0.5) is 0 Å². The SMILES string of the molecule is COC(=O)Cc1ccc2c(c1)CCCCC2=O. The smallest absolute Gasteiger partial charge is 0.309 e. The molecule has 0 bridgehead atoms. The molecule has 0 saturated carbocycles. The van der Waals surface area contributed by atoms with Gasteiger partial charge in [-0.2, -0.15) is 0 Å². The van der Waals surface area contributed by atoms with Crippen molar-refractivity contribution in [1.82, 2.24) is 0 Å². The molecule has 3 heteroatoms. The van der Waals surface area contributed by atoms with E-state index in [1.807, 2.05) is 18.2 Å². The molecule has 2 rings (SSSR count). The van der Waals surface area contributed by atoms with Crippen molar-refractivity contribution in [3.8, 4) is 0 Å². The fourth-order valence-electron chi connectivity index (χ4n) is 2.21. The standard InChI is InChI=1S/C14H16O3/c1-17-14(16)9-10-6-7-12-11(8-10)4-2-3-5-13(12)15/h6-8H,2-5,9H2,1H3. The molecule has 1 aliphatic carbocycles. The number of hydrogen-bond donors (Lipinski definition) is 0. The molecule has 0 aliphatic heterocycles. The van der Waals surface area contributed by atoms with Gasteiger partial charge < -0.3 is 4.74 Å². The molecule has 0 N–H and O–H groups in total. The van der Waals surface area contributed by atoms with E-state index in [9.17, 15) is 9.59 Å². The number of methoxy groups -OCH3 is 1. The Balaban J connectivity index is 2.26. The van der Waals surface area contributed by atoms with Crippen LogP contribution in [0.3, 0.4) is 0 Å². The normalized spacial score (nSPS) is 15.0. The first kappa shape index (κ1) is 11.8. The second kappa shape index (κ2) is 5.13. The van der Waals surface area contributed by atoms with Crippen LogP contribution < -0.4 is 0 Å². The number of ether oxygens (including phenoxy) is 1. The summed E-state index contributed by atoms with van der Waals surface area (Å²) in [6, 6.07) is 5.66. The van der Waals surface area contributed by atoms with Crippen LogP contribution in [0.25, 0.3) is 0 Å². The number of benzene rings is 1. The summed E-state index contributed by atoms with van der Waals surface area (Å²) in [4.78, 5) is 23.0. The summed E-state index contributed by atoms with van der Waals surface area (Å²) < 4.78 is 4.64. The minimum absolute atomic E-state index is 0.224. The van der Waals surface area contributed by atoms with E-state index in [4.69, 9.17) is 0 Å². The Morgan fingerprint density at radius 3 is 2.82 bits per heavy atom. The van der Waals surface area contributed by atoms with Gasteiger partial charge in [0.05, 0.1) is 13.5 Å². The molecular weight excluding hydrogens is 216 g/mol. The third kappa shape index (κ3) is 2.73. The van der Waals surface area contributed by atoms with E-state index in [-0.39, 0.29) is 18.2 Å². The Bertz CT molecular complexity index is 449. The third-order valence-corrected chi connectivity index (χ3v) is 3.15. The fourth-order valence-corrected chi connectivity index (χ4v) is 2.21. The molecule has 0 atom stereocenters. The zero-order chi connectivity index (χ0) is 12.3. The van der Waals surface area contributed by atoms with Gasteiger partial charge in [0, 0.05) is 12.0 Å². The van der Waals surface area contributed by atoms with Crippen molar-refractivity contribution in [3.63, 3.8) is 0 Å². The highest BCUT2D eigenvalue weighted by Crippen LogP contribution is 2.22. The summed E-state index contributed by atoms with van der Waals surface area (Å²) in [5.41, 5.74) is 2.83. The summed E-state index contributed by atoms with van der Waals surface area (Å²) in [5, 5.41) is 0. The van der Waals surface area contributed by atoms with Crippen molar-refractivity contribution in [2.24, 2.45) is 0 Å². The first-order chi connectivity index (χ1) is 8.20. The van der Waals surface area contributed by atoms with E-state index in [1.165, 1.54) is 7.11 Å². The lowest BCUT2D eigenvalue weighted by molar-refractivity contribution is -0.139. The average Bonchev–Trinajstić information content (AvgIpc) is 2.51. The summed E-state index contributed by atoms with van der Waals surface area (Å²) in [7, 11) is 1.38. The van der Waals surface area contributed by atoms with Crippen molar-refractivity contribution < 1.29 is 14.3 Å². The van der Waals surface area contributed by atoms with Crippen molar-refractivity contribution in [3.05, 3.63) is 34.9 Å². The van der Waals surface area contributed by atoms with Crippen molar-refractivity contribution in [2.45, 2.75) is 32.1 Å². The lowest BCUT2D eigenvalue weighted by Gasteiger charge is -2.07. The minimum Gasteiger partial charge on any atom is -0.469 e. The highest BCUT2D eigenvalue weighted by atomic mass is 16.5. The second-order valence-corrected chi connectivity index (χ2v) is 4.37. The number of fused-ring (bicyclic) bond motifs is 1. The monoisotopic (exact) mass is 232 g/mol. The lowest BCUT2D eigenvalue weighted by Crippen LogP contribution is -2.06. The van der Waals surface area contributed by atoms with Crippen molar-refractivity contribution >= 4 is 11.8 Å². The highest BCUT2D eigenvalue weighted by Gasteiger charge is 2.16. The topological polar surface area (TPSA) is 43.4 Å². The summed E-state index contributed by atoms with van der Waals surface area (Å²) in [6.07, 6.45) is 3.84. The molecule has 0 amide bonds. The van der Waals surface area contributed by atoms with Gasteiger partial charge in [-0.3, -0.25) is 9.59 Å². The third-order valence-electron chi connectivity index (χ3n) is 3.15. The van der Waals surface area contributed by atoms with Crippen LogP contribution in [0.2, 0.25) is 0 Å². The summed E-state index contributed by atoms with van der Waals surface area (Å²) in [6.45, 7) is 0. The average molecular weight is 232 g/mol. The van der Waals surface area contributed by atoms with Gasteiger partial charge in [0.1, 0.15) is 0 Å². The number of aryl methyl sites for hydroxylation is 1. The van der Waals surface area contributed by atoms with E-state index in [2.05, 4.69) is 4.74 Å². The zero-order valence-electron chi connectivity index (χ0n) is 9.99. The Morgan fingerprint density at radius 1 is 1.29 bits per heavy atom. The fraction of sp³-hybridized carbons (Fsp3) is 0.429. The quantitative estimate of drug-likeness (QED) is 0.580. The molecule has 0 fully saturated rings. The van der Waals surface area contributed by atoms with Gasteiger partial charge in [-0.05, 0) is 30.4 Å². The molecule has 0 unspecified atom stereocenters. The van der Waals surface area contributed by atoms with Gasteiger partial charge in [-0.15, -0.1) is 0 Å². The Labute approximate surface area is 101 Å². The molecule has 0 spiro atoms. The maximum absolute atomic E-state index is 11.8. The molecule has 0 saturated heterocycles. The minimum atomic E-state index is -0.245. The maximum Gasteiger partial charge on any atom is 0.309 e. The predicted octanol–water partition coefficient (Wildman–Crippen LogP) is 2.31. The molecule has 1 aromatic carbocycles. The lowest BCUT2D eigenvalue weighted by atomic mass is 9.98. The first-order valence-corrected chi connectivity index (χ1v) is 5.92. The van der Waals surface area contributed by atoms with Gasteiger partial charge in [0.2, 0.25) is 0 Å². The second-order valence-electron chi connectivity index (χ2n) is 4.37. The Kier molecular flexibility index (Phi) is 3.57. The van der Waals surface area contributed by atoms with Crippen LogP contribution in [-0.2, 0) is 22.4 Å². The maximum atomic E-state index is 11.8. The molecule has 0 radical (unpaired) electrons.